The number of hydrogen-bond acceptors (Lipinski definition) is 4. The Hall–Kier alpha value is -2.63. The van der Waals surface area contributed by atoms with Gasteiger partial charge in [0.2, 0.25) is 0 Å². The lowest BCUT2D eigenvalue weighted by molar-refractivity contribution is -0.147. The molecule has 1 N–H and O–H groups in total. The van der Waals surface area contributed by atoms with Crippen LogP contribution in [0.2, 0.25) is 5.02 Å². The second-order valence-electron chi connectivity index (χ2n) is 7.21. The Bertz CT molecular complexity index is 1100. The van der Waals surface area contributed by atoms with Gasteiger partial charge in [0, 0.05) is 33.1 Å². The fourth-order valence-electron chi connectivity index (χ4n) is 4.11. The lowest BCUT2D eigenvalue weighted by Crippen LogP contribution is -2.46. The molecule has 6 heteroatoms. The van der Waals surface area contributed by atoms with Crippen molar-refractivity contribution in [3.63, 3.8) is 0 Å². The summed E-state index contributed by atoms with van der Waals surface area (Å²) in [6.07, 6.45) is 0.136. The summed E-state index contributed by atoms with van der Waals surface area (Å²) in [4.78, 5) is 26.4. The zero-order valence-electron chi connectivity index (χ0n) is 16.2. The summed E-state index contributed by atoms with van der Waals surface area (Å²) in [6, 6.07) is 22.0. The highest BCUT2D eigenvalue weighted by Gasteiger charge is 2.54. The lowest BCUT2D eigenvalue weighted by Gasteiger charge is -2.34. The summed E-state index contributed by atoms with van der Waals surface area (Å²) in [5.74, 6) is -0.944. The van der Waals surface area contributed by atoms with Crippen LogP contribution < -0.4 is 5.32 Å². The second kappa shape index (κ2) is 8.25. The number of Topliss-reactive ketones (excluding diaryl/α,β-unsaturated/α-hetero) is 1. The zero-order chi connectivity index (χ0) is 21.3. The van der Waals surface area contributed by atoms with E-state index in [1.165, 1.54) is 7.11 Å². The van der Waals surface area contributed by atoms with E-state index < -0.39 is 17.4 Å². The van der Waals surface area contributed by atoms with Crippen molar-refractivity contribution in [1.29, 1.82) is 0 Å². The van der Waals surface area contributed by atoms with E-state index in [2.05, 4.69) is 21.2 Å². The predicted octanol–water partition coefficient (Wildman–Crippen LogP) is 5.95. The molecule has 2 atom stereocenters. The van der Waals surface area contributed by atoms with Crippen molar-refractivity contribution in [2.24, 2.45) is 0 Å². The van der Waals surface area contributed by atoms with Gasteiger partial charge in [-0.05, 0) is 53.6 Å². The standard InChI is InChI=1S/C24H19BrClNO3/c1-30-23(29)24(16-8-10-17(25)11-9-16)20(19-4-2-3-5-21(19)27-24)14-22(28)15-6-12-18(26)13-7-15/h2-13,20,27H,14H2,1H3/t20-,24-/m0/s1. The topological polar surface area (TPSA) is 55.4 Å². The highest BCUT2D eigenvalue weighted by molar-refractivity contribution is 9.10. The predicted molar refractivity (Wildman–Crippen MR) is 121 cm³/mol. The molecule has 3 aromatic carbocycles. The molecule has 0 unspecified atom stereocenters. The van der Waals surface area contributed by atoms with Crippen molar-refractivity contribution < 1.29 is 14.3 Å². The third-order valence-electron chi connectivity index (χ3n) is 5.55. The van der Waals surface area contributed by atoms with Crippen LogP contribution in [0.1, 0.15) is 33.8 Å². The first kappa shape index (κ1) is 20.6. The maximum atomic E-state index is 13.2. The maximum Gasteiger partial charge on any atom is 0.336 e. The minimum absolute atomic E-state index is 0.0689. The quantitative estimate of drug-likeness (QED) is 0.359. The second-order valence-corrected chi connectivity index (χ2v) is 8.56. The molecule has 0 amide bonds. The van der Waals surface area contributed by atoms with Gasteiger partial charge in [0.15, 0.2) is 11.3 Å². The van der Waals surface area contributed by atoms with Gasteiger partial charge in [-0.2, -0.15) is 0 Å². The van der Waals surface area contributed by atoms with Crippen molar-refractivity contribution >= 4 is 45.0 Å². The summed E-state index contributed by atoms with van der Waals surface area (Å²) < 4.78 is 6.14. The first-order valence-corrected chi connectivity index (χ1v) is 10.6. The minimum atomic E-state index is -1.21. The molecular formula is C24H19BrClNO3. The average Bonchev–Trinajstić information content (AvgIpc) is 3.09. The number of para-hydroxylation sites is 1. The molecule has 0 bridgehead atoms. The molecule has 0 radical (unpaired) electrons. The normalized spacial score (nSPS) is 19.6. The summed E-state index contributed by atoms with van der Waals surface area (Å²) in [6.45, 7) is 0. The molecule has 0 saturated heterocycles. The maximum absolute atomic E-state index is 13.2. The highest BCUT2D eigenvalue weighted by atomic mass is 79.9. The Morgan fingerprint density at radius 3 is 2.37 bits per heavy atom. The minimum Gasteiger partial charge on any atom is -0.467 e. The third-order valence-corrected chi connectivity index (χ3v) is 6.33. The summed E-state index contributed by atoms with van der Waals surface area (Å²) in [5, 5.41) is 3.96. The van der Waals surface area contributed by atoms with Crippen LogP contribution in [0.4, 0.5) is 5.69 Å². The molecule has 1 aliphatic heterocycles. The number of nitrogens with one attached hydrogen (secondary N) is 1. The first-order chi connectivity index (χ1) is 14.5. The van der Waals surface area contributed by atoms with Crippen molar-refractivity contribution in [3.05, 3.63) is 99.0 Å². The number of anilines is 1. The summed E-state index contributed by atoms with van der Waals surface area (Å²) in [7, 11) is 1.37. The summed E-state index contributed by atoms with van der Waals surface area (Å²) in [5.41, 5.74) is 1.81. The molecule has 30 heavy (non-hydrogen) atoms. The van der Waals surface area contributed by atoms with E-state index in [0.717, 1.165) is 21.3 Å². The van der Waals surface area contributed by atoms with Gasteiger partial charge in [0.25, 0.3) is 0 Å². The van der Waals surface area contributed by atoms with Crippen molar-refractivity contribution in [3.8, 4) is 0 Å². The number of carbonyl (C=O) groups is 2. The molecule has 4 nitrogen and oxygen atoms in total. The molecule has 1 heterocycles. The number of ether oxygens (including phenoxy) is 1. The van der Waals surface area contributed by atoms with Crippen LogP contribution in [0.25, 0.3) is 0 Å². The van der Waals surface area contributed by atoms with Crippen molar-refractivity contribution in [2.75, 3.05) is 12.4 Å². The van der Waals surface area contributed by atoms with Gasteiger partial charge in [-0.15, -0.1) is 0 Å². The van der Waals surface area contributed by atoms with E-state index in [1.807, 2.05) is 48.5 Å². The number of hydrogen-bond donors (Lipinski definition) is 1. The van der Waals surface area contributed by atoms with Crippen LogP contribution in [0, 0.1) is 0 Å². The van der Waals surface area contributed by atoms with Gasteiger partial charge in [0.1, 0.15) is 0 Å². The molecule has 0 fully saturated rings. The molecule has 0 spiro atoms. The number of ketones is 1. The van der Waals surface area contributed by atoms with Gasteiger partial charge in [-0.1, -0.05) is 57.9 Å². The molecule has 152 valence electrons. The van der Waals surface area contributed by atoms with Gasteiger partial charge in [-0.25, -0.2) is 4.79 Å². The van der Waals surface area contributed by atoms with Crippen LogP contribution in [-0.4, -0.2) is 18.9 Å². The Kier molecular flexibility index (Phi) is 5.67. The number of methoxy groups -OCH3 is 1. The SMILES string of the molecule is COC(=O)[C@@]1(c2ccc(Br)cc2)Nc2ccccc2[C@@H]1CC(=O)c1ccc(Cl)cc1. The van der Waals surface area contributed by atoms with Crippen LogP contribution in [0.3, 0.4) is 0 Å². The molecule has 1 aliphatic rings. The molecule has 4 rings (SSSR count). The van der Waals surface area contributed by atoms with E-state index in [9.17, 15) is 9.59 Å². The fraction of sp³-hybridized carbons (Fsp3) is 0.167. The Morgan fingerprint density at radius 1 is 1.03 bits per heavy atom. The van der Waals surface area contributed by atoms with E-state index in [1.54, 1.807) is 24.3 Å². The number of rotatable bonds is 5. The fourth-order valence-corrected chi connectivity index (χ4v) is 4.50. The Morgan fingerprint density at radius 2 is 1.70 bits per heavy atom. The molecule has 0 aliphatic carbocycles. The monoisotopic (exact) mass is 483 g/mol. The van der Waals surface area contributed by atoms with Gasteiger partial charge in [-0.3, -0.25) is 4.79 Å². The van der Waals surface area contributed by atoms with E-state index in [4.69, 9.17) is 16.3 Å². The van der Waals surface area contributed by atoms with Crippen LogP contribution in [-0.2, 0) is 15.1 Å². The van der Waals surface area contributed by atoms with Gasteiger partial charge in [0.05, 0.1) is 7.11 Å². The smallest absolute Gasteiger partial charge is 0.336 e. The average molecular weight is 485 g/mol. The Labute approximate surface area is 188 Å². The zero-order valence-corrected chi connectivity index (χ0v) is 18.5. The van der Waals surface area contributed by atoms with Gasteiger partial charge < -0.3 is 10.1 Å². The third kappa shape index (κ3) is 3.53. The van der Waals surface area contributed by atoms with Crippen molar-refractivity contribution in [2.45, 2.75) is 17.9 Å². The van der Waals surface area contributed by atoms with Crippen LogP contribution >= 0.6 is 27.5 Å². The highest BCUT2D eigenvalue weighted by Crippen LogP contribution is 2.51. The number of fused-ring (bicyclic) bond motifs is 1. The van der Waals surface area contributed by atoms with Gasteiger partial charge >= 0.3 is 5.97 Å². The first-order valence-electron chi connectivity index (χ1n) is 9.46. The van der Waals surface area contributed by atoms with E-state index in [-0.39, 0.29) is 12.2 Å². The van der Waals surface area contributed by atoms with Crippen molar-refractivity contribution in [1.82, 2.24) is 0 Å². The largest absolute Gasteiger partial charge is 0.467 e. The Balaban J connectivity index is 1.83. The molecule has 0 saturated carbocycles. The molecule has 3 aromatic rings. The van der Waals surface area contributed by atoms with E-state index >= 15 is 0 Å². The molecule has 0 aromatic heterocycles. The van der Waals surface area contributed by atoms with E-state index in [0.29, 0.717) is 10.6 Å². The number of benzene rings is 3. The number of halogens is 2. The number of carbonyl (C=O) groups excluding carboxylic acids is 2. The van der Waals surface area contributed by atoms with Crippen LogP contribution in [0.15, 0.2) is 77.3 Å². The lowest BCUT2D eigenvalue weighted by atomic mass is 9.74. The summed E-state index contributed by atoms with van der Waals surface area (Å²) >= 11 is 9.41. The van der Waals surface area contributed by atoms with Crippen LogP contribution in [0.5, 0.6) is 0 Å². The molecular weight excluding hydrogens is 466 g/mol. The number of esters is 1.